The molecule has 0 aliphatic carbocycles. The van der Waals surface area contributed by atoms with E-state index >= 15 is 0 Å². The van der Waals surface area contributed by atoms with Crippen LogP contribution < -0.4 is 0 Å². The van der Waals surface area contributed by atoms with E-state index in [1.165, 1.54) is 16.7 Å². The third-order valence-corrected chi connectivity index (χ3v) is 2.50. The van der Waals surface area contributed by atoms with Gasteiger partial charge in [0.15, 0.2) is 0 Å². The van der Waals surface area contributed by atoms with Gasteiger partial charge in [-0.25, -0.2) is 9.97 Å². The summed E-state index contributed by atoms with van der Waals surface area (Å²) in [5.74, 6) is 0.835. The number of benzene rings is 1. The minimum atomic E-state index is 0.835. The normalized spacial score (nSPS) is 10.4. The Morgan fingerprint density at radius 1 is 1.00 bits per heavy atom. The molecule has 16 heavy (non-hydrogen) atoms. The summed E-state index contributed by atoms with van der Waals surface area (Å²) >= 11 is 0. The van der Waals surface area contributed by atoms with Crippen molar-refractivity contribution in [2.24, 2.45) is 0 Å². The quantitative estimate of drug-likeness (QED) is 0.764. The average molecular weight is 212 g/mol. The van der Waals surface area contributed by atoms with Crippen LogP contribution in [0.25, 0.3) is 0 Å². The number of hydrogen-bond acceptors (Lipinski definition) is 2. The first kappa shape index (κ1) is 10.8. The predicted octanol–water partition coefficient (Wildman–Crippen LogP) is 2.99. The Balaban J connectivity index is 2.27. The lowest BCUT2D eigenvalue weighted by Crippen LogP contribution is -1.96. The van der Waals surface area contributed by atoms with Crippen molar-refractivity contribution >= 4 is 0 Å². The van der Waals surface area contributed by atoms with Crippen molar-refractivity contribution in [3.05, 3.63) is 58.7 Å². The Labute approximate surface area is 96.4 Å². The molecule has 0 aliphatic heterocycles. The van der Waals surface area contributed by atoms with Gasteiger partial charge < -0.3 is 0 Å². The molecule has 82 valence electrons. The SMILES string of the molecule is Cc1cc(C)cc(Cc2ccnc(C)n2)c1. The van der Waals surface area contributed by atoms with E-state index in [1.54, 1.807) is 0 Å². The lowest BCUT2D eigenvalue weighted by atomic mass is 10.0. The number of rotatable bonds is 2. The Kier molecular flexibility index (Phi) is 3.00. The van der Waals surface area contributed by atoms with Crippen LogP contribution in [-0.4, -0.2) is 9.97 Å². The molecule has 0 saturated heterocycles. The lowest BCUT2D eigenvalue weighted by Gasteiger charge is -2.05. The summed E-state index contributed by atoms with van der Waals surface area (Å²) in [7, 11) is 0. The molecule has 0 unspecified atom stereocenters. The van der Waals surface area contributed by atoms with Crippen molar-refractivity contribution in [1.29, 1.82) is 0 Å². The minimum Gasteiger partial charge on any atom is -0.242 e. The van der Waals surface area contributed by atoms with Gasteiger partial charge in [-0.3, -0.25) is 0 Å². The van der Waals surface area contributed by atoms with E-state index < -0.39 is 0 Å². The molecule has 0 atom stereocenters. The summed E-state index contributed by atoms with van der Waals surface area (Å²) in [4.78, 5) is 8.52. The molecule has 2 heteroatoms. The largest absolute Gasteiger partial charge is 0.242 e. The first-order valence-electron chi connectivity index (χ1n) is 5.49. The number of aromatic nitrogens is 2. The van der Waals surface area contributed by atoms with Crippen LogP contribution in [0.1, 0.15) is 28.2 Å². The zero-order chi connectivity index (χ0) is 11.5. The van der Waals surface area contributed by atoms with E-state index in [1.807, 2.05) is 19.2 Å². The summed E-state index contributed by atoms with van der Waals surface area (Å²) in [5.41, 5.74) is 5.01. The molecule has 0 fully saturated rings. The van der Waals surface area contributed by atoms with Crippen LogP contribution in [-0.2, 0) is 6.42 Å². The highest BCUT2D eigenvalue weighted by molar-refractivity contribution is 5.31. The maximum Gasteiger partial charge on any atom is 0.125 e. The molecular weight excluding hydrogens is 196 g/mol. The van der Waals surface area contributed by atoms with Gasteiger partial charge in [-0.2, -0.15) is 0 Å². The standard InChI is InChI=1S/C14H16N2/c1-10-6-11(2)8-13(7-10)9-14-4-5-15-12(3)16-14/h4-8H,9H2,1-3H3. The zero-order valence-electron chi connectivity index (χ0n) is 9.99. The van der Waals surface area contributed by atoms with Crippen molar-refractivity contribution in [3.8, 4) is 0 Å². The molecule has 0 bridgehead atoms. The molecule has 2 aromatic rings. The molecule has 1 aromatic carbocycles. The highest BCUT2D eigenvalue weighted by atomic mass is 14.9. The van der Waals surface area contributed by atoms with Gasteiger partial charge in [0.1, 0.15) is 5.82 Å². The second-order valence-corrected chi connectivity index (χ2v) is 4.27. The second kappa shape index (κ2) is 4.44. The highest BCUT2D eigenvalue weighted by Crippen LogP contribution is 2.12. The third-order valence-electron chi connectivity index (χ3n) is 2.50. The van der Waals surface area contributed by atoms with E-state index in [4.69, 9.17) is 0 Å². The topological polar surface area (TPSA) is 25.8 Å². The lowest BCUT2D eigenvalue weighted by molar-refractivity contribution is 0.966. The molecule has 0 saturated carbocycles. The minimum absolute atomic E-state index is 0.835. The highest BCUT2D eigenvalue weighted by Gasteiger charge is 2.00. The van der Waals surface area contributed by atoms with Crippen molar-refractivity contribution in [1.82, 2.24) is 9.97 Å². The van der Waals surface area contributed by atoms with E-state index in [2.05, 4.69) is 42.0 Å². The monoisotopic (exact) mass is 212 g/mol. The fraction of sp³-hybridized carbons (Fsp3) is 0.286. The number of aryl methyl sites for hydroxylation is 3. The fourth-order valence-corrected chi connectivity index (χ4v) is 1.98. The van der Waals surface area contributed by atoms with Crippen LogP contribution in [0.2, 0.25) is 0 Å². The molecule has 1 heterocycles. The number of nitrogens with zero attached hydrogens (tertiary/aromatic N) is 2. The molecule has 0 N–H and O–H groups in total. The maximum absolute atomic E-state index is 4.42. The van der Waals surface area contributed by atoms with Gasteiger partial charge in [-0.05, 0) is 32.4 Å². The summed E-state index contributed by atoms with van der Waals surface area (Å²) in [6.07, 6.45) is 2.70. The molecule has 0 amide bonds. The Bertz CT molecular complexity index is 484. The van der Waals surface area contributed by atoms with E-state index in [0.717, 1.165) is 17.9 Å². The zero-order valence-corrected chi connectivity index (χ0v) is 9.99. The van der Waals surface area contributed by atoms with Crippen molar-refractivity contribution < 1.29 is 0 Å². The fourth-order valence-electron chi connectivity index (χ4n) is 1.98. The van der Waals surface area contributed by atoms with Gasteiger partial charge in [-0.1, -0.05) is 29.3 Å². The predicted molar refractivity (Wildman–Crippen MR) is 65.5 cm³/mol. The van der Waals surface area contributed by atoms with Crippen LogP contribution in [0.3, 0.4) is 0 Å². The van der Waals surface area contributed by atoms with Crippen molar-refractivity contribution in [3.63, 3.8) is 0 Å². The van der Waals surface area contributed by atoms with Crippen LogP contribution in [0.5, 0.6) is 0 Å². The summed E-state index contributed by atoms with van der Waals surface area (Å²) < 4.78 is 0. The smallest absolute Gasteiger partial charge is 0.125 e. The van der Waals surface area contributed by atoms with Gasteiger partial charge in [0, 0.05) is 18.3 Å². The van der Waals surface area contributed by atoms with Crippen LogP contribution >= 0.6 is 0 Å². The van der Waals surface area contributed by atoms with Crippen molar-refractivity contribution in [2.75, 3.05) is 0 Å². The molecule has 2 nitrogen and oxygen atoms in total. The van der Waals surface area contributed by atoms with E-state index in [0.29, 0.717) is 0 Å². The van der Waals surface area contributed by atoms with Gasteiger partial charge in [-0.15, -0.1) is 0 Å². The van der Waals surface area contributed by atoms with Gasteiger partial charge in [0.05, 0.1) is 0 Å². The number of hydrogen-bond donors (Lipinski definition) is 0. The van der Waals surface area contributed by atoms with Gasteiger partial charge in [0.25, 0.3) is 0 Å². The first-order valence-corrected chi connectivity index (χ1v) is 5.49. The summed E-state index contributed by atoms with van der Waals surface area (Å²) in [6, 6.07) is 8.59. The third kappa shape index (κ3) is 2.66. The Morgan fingerprint density at radius 3 is 2.31 bits per heavy atom. The maximum atomic E-state index is 4.42. The molecule has 2 rings (SSSR count). The molecule has 0 spiro atoms. The second-order valence-electron chi connectivity index (χ2n) is 4.27. The van der Waals surface area contributed by atoms with E-state index in [9.17, 15) is 0 Å². The molecular formula is C14H16N2. The molecule has 0 radical (unpaired) electrons. The molecule has 1 aromatic heterocycles. The summed E-state index contributed by atoms with van der Waals surface area (Å²) in [6.45, 7) is 6.18. The summed E-state index contributed by atoms with van der Waals surface area (Å²) in [5, 5.41) is 0. The first-order chi connectivity index (χ1) is 7.63. The molecule has 0 aliphatic rings. The Hall–Kier alpha value is -1.70. The van der Waals surface area contributed by atoms with Crippen LogP contribution in [0.15, 0.2) is 30.5 Å². The van der Waals surface area contributed by atoms with Crippen molar-refractivity contribution in [2.45, 2.75) is 27.2 Å². The average Bonchev–Trinajstić information content (AvgIpc) is 2.15. The van der Waals surface area contributed by atoms with Gasteiger partial charge >= 0.3 is 0 Å². The van der Waals surface area contributed by atoms with E-state index in [-0.39, 0.29) is 0 Å². The van der Waals surface area contributed by atoms with Crippen LogP contribution in [0.4, 0.5) is 0 Å². The van der Waals surface area contributed by atoms with Crippen LogP contribution in [0, 0.1) is 20.8 Å². The Morgan fingerprint density at radius 2 is 1.69 bits per heavy atom. The van der Waals surface area contributed by atoms with Gasteiger partial charge in [0.2, 0.25) is 0 Å².